The van der Waals surface area contributed by atoms with Crippen LogP contribution in [0.5, 0.6) is 0 Å². The number of halogens is 2. The number of aromatic nitrogens is 1. The van der Waals surface area contributed by atoms with Gasteiger partial charge in [0.05, 0.1) is 10.9 Å². The molecule has 0 radical (unpaired) electrons. The molecule has 6 nitrogen and oxygen atoms in total. The first-order valence-electron chi connectivity index (χ1n) is 9.66. The van der Waals surface area contributed by atoms with Gasteiger partial charge in [-0.05, 0) is 18.6 Å². The number of fused-ring (bicyclic) bond motifs is 1. The fourth-order valence-corrected chi connectivity index (χ4v) is 3.82. The van der Waals surface area contributed by atoms with Crippen LogP contribution in [0.2, 0.25) is 0 Å². The van der Waals surface area contributed by atoms with Crippen molar-refractivity contribution in [2.24, 2.45) is 0 Å². The average molecular weight is 413 g/mol. The van der Waals surface area contributed by atoms with Crippen molar-refractivity contribution in [3.8, 4) is 0 Å². The normalized spacial score (nSPS) is 14.3. The van der Waals surface area contributed by atoms with Crippen LogP contribution in [-0.2, 0) is 6.54 Å². The van der Waals surface area contributed by atoms with E-state index in [0.29, 0.717) is 26.2 Å². The minimum Gasteiger partial charge on any atom is -0.477 e. The maximum absolute atomic E-state index is 15.6. The molecule has 0 amide bonds. The summed E-state index contributed by atoms with van der Waals surface area (Å²) in [5.74, 6) is -3.16. The van der Waals surface area contributed by atoms with Crippen LogP contribution in [0.4, 0.5) is 14.5 Å². The molecule has 0 unspecified atom stereocenters. The zero-order valence-electron chi connectivity index (χ0n) is 16.4. The van der Waals surface area contributed by atoms with Gasteiger partial charge in [0.15, 0.2) is 5.82 Å². The molecular weight excluding hydrogens is 392 g/mol. The molecule has 0 atom stereocenters. The lowest BCUT2D eigenvalue weighted by Crippen LogP contribution is -2.44. The number of carboxylic acids is 1. The predicted molar refractivity (Wildman–Crippen MR) is 110 cm³/mol. The highest BCUT2D eigenvalue weighted by Gasteiger charge is 2.25. The van der Waals surface area contributed by atoms with Crippen molar-refractivity contribution in [1.82, 2.24) is 9.88 Å². The number of aromatic carboxylic acids is 1. The monoisotopic (exact) mass is 413 g/mol. The van der Waals surface area contributed by atoms with E-state index in [9.17, 15) is 19.1 Å². The number of anilines is 1. The first-order valence-corrected chi connectivity index (χ1v) is 9.66. The molecule has 2 N–H and O–H groups in total. The van der Waals surface area contributed by atoms with Gasteiger partial charge in [0.2, 0.25) is 5.43 Å². The largest absolute Gasteiger partial charge is 0.477 e. The fourth-order valence-electron chi connectivity index (χ4n) is 3.82. The summed E-state index contributed by atoms with van der Waals surface area (Å²) in [6.45, 7) is 4.10. The van der Waals surface area contributed by atoms with E-state index < -0.39 is 28.6 Å². The fraction of sp³-hybridized carbons (Fsp3) is 0.273. The van der Waals surface area contributed by atoms with Crippen LogP contribution in [0, 0.1) is 18.6 Å². The average Bonchev–Trinajstić information content (AvgIpc) is 2.72. The molecule has 2 aromatic carbocycles. The van der Waals surface area contributed by atoms with E-state index in [0.717, 1.165) is 23.4 Å². The molecule has 3 aromatic rings. The predicted octanol–water partition coefficient (Wildman–Crippen LogP) is 2.74. The van der Waals surface area contributed by atoms with E-state index in [4.69, 9.17) is 0 Å². The lowest BCUT2D eigenvalue weighted by Gasteiger charge is -2.30. The first kappa shape index (κ1) is 20.0. The van der Waals surface area contributed by atoms with Gasteiger partial charge in [-0.2, -0.15) is 0 Å². The topological polar surface area (TPSA) is 74.6 Å². The number of rotatable bonds is 4. The molecular formula is C22H21F2N3O3. The van der Waals surface area contributed by atoms with Gasteiger partial charge in [-0.25, -0.2) is 13.6 Å². The summed E-state index contributed by atoms with van der Waals surface area (Å²) >= 11 is 0. The summed E-state index contributed by atoms with van der Waals surface area (Å²) in [6.07, 6.45) is 1.13. The second kappa shape index (κ2) is 7.87. The molecule has 1 aliphatic heterocycles. The van der Waals surface area contributed by atoms with E-state index in [1.54, 1.807) is 4.90 Å². The second-order valence-electron chi connectivity index (χ2n) is 7.44. The number of nitrogens with one attached hydrogen (secondary N) is 1. The van der Waals surface area contributed by atoms with Crippen LogP contribution in [0.25, 0.3) is 10.9 Å². The molecule has 1 aromatic heterocycles. The molecule has 4 rings (SSSR count). The highest BCUT2D eigenvalue weighted by Crippen LogP contribution is 2.30. The SMILES string of the molecule is Cc1ccc(Cn2cc(C(=O)O)c(=O)c3cc(F)c(N4CCNCC4)c(F)c32)cc1. The Morgan fingerprint density at radius 1 is 1.17 bits per heavy atom. The number of nitrogens with zero attached hydrogens (tertiary/aromatic N) is 2. The minimum absolute atomic E-state index is 0.0968. The van der Waals surface area contributed by atoms with Gasteiger partial charge in [-0.1, -0.05) is 29.8 Å². The van der Waals surface area contributed by atoms with Gasteiger partial charge in [0, 0.05) is 38.9 Å². The van der Waals surface area contributed by atoms with Crippen molar-refractivity contribution in [3.63, 3.8) is 0 Å². The van der Waals surface area contributed by atoms with Crippen molar-refractivity contribution >= 4 is 22.6 Å². The number of hydrogen-bond acceptors (Lipinski definition) is 4. The molecule has 0 aliphatic carbocycles. The van der Waals surface area contributed by atoms with Crippen molar-refractivity contribution in [2.45, 2.75) is 13.5 Å². The zero-order chi connectivity index (χ0) is 21.4. The van der Waals surface area contributed by atoms with Gasteiger partial charge >= 0.3 is 5.97 Å². The summed E-state index contributed by atoms with van der Waals surface area (Å²) in [4.78, 5) is 25.8. The van der Waals surface area contributed by atoms with Crippen LogP contribution in [-0.4, -0.2) is 41.8 Å². The number of benzene rings is 2. The van der Waals surface area contributed by atoms with E-state index in [1.807, 2.05) is 31.2 Å². The summed E-state index contributed by atoms with van der Waals surface area (Å²) in [5, 5.41) is 12.3. The van der Waals surface area contributed by atoms with E-state index >= 15 is 4.39 Å². The van der Waals surface area contributed by atoms with Crippen LogP contribution in [0.3, 0.4) is 0 Å². The lowest BCUT2D eigenvalue weighted by atomic mass is 10.1. The molecule has 1 aliphatic rings. The Bertz CT molecular complexity index is 1180. The Balaban J connectivity index is 1.97. The van der Waals surface area contributed by atoms with Crippen molar-refractivity contribution in [3.05, 3.63) is 75.1 Å². The molecule has 0 spiro atoms. The van der Waals surface area contributed by atoms with E-state index in [2.05, 4.69) is 5.32 Å². The van der Waals surface area contributed by atoms with Crippen LogP contribution >= 0.6 is 0 Å². The highest BCUT2D eigenvalue weighted by molar-refractivity contribution is 5.94. The number of carboxylic acid groups (broad SMARTS) is 1. The van der Waals surface area contributed by atoms with Gasteiger partial charge in [-0.15, -0.1) is 0 Å². The van der Waals surface area contributed by atoms with Gasteiger partial charge in [-0.3, -0.25) is 4.79 Å². The third-order valence-corrected chi connectivity index (χ3v) is 5.37. The molecule has 156 valence electrons. The molecule has 8 heteroatoms. The van der Waals surface area contributed by atoms with Crippen molar-refractivity contribution < 1.29 is 18.7 Å². The highest BCUT2D eigenvalue weighted by atomic mass is 19.1. The molecule has 2 heterocycles. The number of aryl methyl sites for hydroxylation is 1. The van der Waals surface area contributed by atoms with Crippen molar-refractivity contribution in [1.29, 1.82) is 0 Å². The third-order valence-electron chi connectivity index (χ3n) is 5.37. The number of hydrogen-bond donors (Lipinski definition) is 2. The maximum atomic E-state index is 15.6. The Kier molecular flexibility index (Phi) is 5.26. The van der Waals surface area contributed by atoms with Gasteiger partial charge < -0.3 is 19.9 Å². The number of piperazine rings is 1. The number of carbonyl (C=O) groups is 1. The Morgan fingerprint density at radius 3 is 2.47 bits per heavy atom. The van der Waals surface area contributed by atoms with Crippen LogP contribution in [0.1, 0.15) is 21.5 Å². The number of pyridine rings is 1. The zero-order valence-corrected chi connectivity index (χ0v) is 16.4. The first-order chi connectivity index (χ1) is 14.4. The van der Waals surface area contributed by atoms with Gasteiger partial charge in [0.25, 0.3) is 0 Å². The van der Waals surface area contributed by atoms with E-state index in [1.165, 1.54) is 4.57 Å². The smallest absolute Gasteiger partial charge is 0.341 e. The quantitative estimate of drug-likeness (QED) is 0.688. The Hall–Kier alpha value is -3.26. The molecule has 30 heavy (non-hydrogen) atoms. The summed E-state index contributed by atoms with van der Waals surface area (Å²) < 4.78 is 31.9. The standard InChI is InChI=1S/C22H21F2N3O3/c1-13-2-4-14(5-3-13)11-27-12-16(22(29)30)21(28)15-10-17(23)20(18(24)19(15)27)26-8-6-25-7-9-26/h2-5,10,12,25H,6-9,11H2,1H3,(H,29,30). The lowest BCUT2D eigenvalue weighted by molar-refractivity contribution is 0.0695. The molecule has 1 fully saturated rings. The van der Waals surface area contributed by atoms with Crippen LogP contribution in [0.15, 0.2) is 41.3 Å². The Morgan fingerprint density at radius 2 is 1.83 bits per heavy atom. The molecule has 1 saturated heterocycles. The van der Waals surface area contributed by atoms with Crippen LogP contribution < -0.4 is 15.6 Å². The molecule has 0 bridgehead atoms. The van der Waals surface area contributed by atoms with E-state index in [-0.39, 0.29) is 23.1 Å². The summed E-state index contributed by atoms with van der Waals surface area (Å²) in [6, 6.07) is 8.42. The van der Waals surface area contributed by atoms with Gasteiger partial charge in [0.1, 0.15) is 17.1 Å². The summed E-state index contributed by atoms with van der Waals surface area (Å²) in [7, 11) is 0. The minimum atomic E-state index is -1.44. The van der Waals surface area contributed by atoms with Crippen molar-refractivity contribution in [2.75, 3.05) is 31.1 Å². The molecule has 0 saturated carbocycles. The Labute approximate surface area is 171 Å². The summed E-state index contributed by atoms with van der Waals surface area (Å²) in [5.41, 5.74) is 0.133. The maximum Gasteiger partial charge on any atom is 0.341 e. The third kappa shape index (κ3) is 3.54. The second-order valence-corrected chi connectivity index (χ2v) is 7.44.